The summed E-state index contributed by atoms with van der Waals surface area (Å²) in [5.74, 6) is -1.80. The van der Waals surface area contributed by atoms with Gasteiger partial charge in [0.05, 0.1) is 5.97 Å². The Bertz CT molecular complexity index is 659. The van der Waals surface area contributed by atoms with Gasteiger partial charge in [0.15, 0.2) is 0 Å². The fourth-order valence-corrected chi connectivity index (χ4v) is 5.52. The van der Waals surface area contributed by atoms with E-state index in [0.29, 0.717) is 6.42 Å². The van der Waals surface area contributed by atoms with Crippen molar-refractivity contribution < 1.29 is 15.0 Å². The minimum Gasteiger partial charge on any atom is -0.549 e. The molecule has 2 unspecified atom stereocenters. The van der Waals surface area contributed by atoms with E-state index in [1.807, 2.05) is 20.8 Å². The van der Waals surface area contributed by atoms with Gasteiger partial charge < -0.3 is 15.0 Å². The molecule has 0 saturated heterocycles. The molecule has 1 N–H and O–H groups in total. The van der Waals surface area contributed by atoms with Gasteiger partial charge in [0.25, 0.3) is 0 Å². The van der Waals surface area contributed by atoms with Crippen molar-refractivity contribution in [2.45, 2.75) is 150 Å². The minimum atomic E-state index is -1.15. The second kappa shape index (κ2) is 14.5. The number of rotatable bonds is 16. The monoisotopic (exact) mass is 475 g/mol. The van der Waals surface area contributed by atoms with Crippen LogP contribution in [0.1, 0.15) is 145 Å². The number of aliphatic carboxylic acids is 1. The van der Waals surface area contributed by atoms with Gasteiger partial charge in [-0.05, 0) is 29.2 Å². The lowest BCUT2D eigenvalue weighted by atomic mass is 9.59. The van der Waals surface area contributed by atoms with Gasteiger partial charge >= 0.3 is 0 Å². The third-order valence-electron chi connectivity index (χ3n) is 7.55. The number of carbonyl (C=O) groups is 1. The van der Waals surface area contributed by atoms with Gasteiger partial charge in [-0.15, -0.1) is 0 Å². The zero-order chi connectivity index (χ0) is 25.8. The van der Waals surface area contributed by atoms with Crippen LogP contribution in [-0.4, -0.2) is 16.7 Å². The van der Waals surface area contributed by atoms with E-state index in [4.69, 9.17) is 0 Å². The summed E-state index contributed by atoms with van der Waals surface area (Å²) in [7, 11) is 0. The molecule has 1 aliphatic rings. The number of aliphatic hydroxyl groups is 1. The van der Waals surface area contributed by atoms with Gasteiger partial charge in [0.1, 0.15) is 5.60 Å². The summed E-state index contributed by atoms with van der Waals surface area (Å²) in [5, 5.41) is 23.7. The predicted octanol–water partition coefficient (Wildman–Crippen LogP) is 7.91. The molecule has 34 heavy (non-hydrogen) atoms. The zero-order valence-corrected chi connectivity index (χ0v) is 23.6. The first-order valence-corrected chi connectivity index (χ1v) is 14.2. The van der Waals surface area contributed by atoms with Crippen LogP contribution < -0.4 is 5.11 Å². The van der Waals surface area contributed by atoms with Crippen molar-refractivity contribution in [3.05, 3.63) is 23.3 Å². The van der Waals surface area contributed by atoms with Crippen LogP contribution in [0.2, 0.25) is 0 Å². The van der Waals surface area contributed by atoms with Crippen LogP contribution >= 0.6 is 0 Å². The van der Waals surface area contributed by atoms with Gasteiger partial charge in [0.2, 0.25) is 0 Å². The van der Waals surface area contributed by atoms with Crippen LogP contribution in [0.15, 0.2) is 23.3 Å². The lowest BCUT2D eigenvalue weighted by Crippen LogP contribution is -2.50. The topological polar surface area (TPSA) is 60.4 Å². The quantitative estimate of drug-likeness (QED) is 0.182. The molecule has 3 heteroatoms. The highest BCUT2D eigenvalue weighted by Crippen LogP contribution is 2.51. The first-order valence-electron chi connectivity index (χ1n) is 14.2. The van der Waals surface area contributed by atoms with Crippen molar-refractivity contribution in [1.29, 1.82) is 0 Å². The van der Waals surface area contributed by atoms with Crippen LogP contribution in [0, 0.1) is 16.7 Å². The van der Waals surface area contributed by atoms with E-state index >= 15 is 0 Å². The number of hydrogen-bond acceptors (Lipinski definition) is 3. The maximum Gasteiger partial charge on any atom is 0.109 e. The average molecular weight is 476 g/mol. The molecule has 0 amide bonds. The van der Waals surface area contributed by atoms with E-state index in [9.17, 15) is 15.0 Å². The van der Waals surface area contributed by atoms with Crippen molar-refractivity contribution >= 4 is 5.97 Å². The highest BCUT2D eigenvalue weighted by atomic mass is 16.4. The first-order chi connectivity index (χ1) is 15.9. The second-order valence-electron chi connectivity index (χ2n) is 12.7. The number of carbonyl (C=O) groups excluding carboxylic acids is 1. The first kappa shape index (κ1) is 30.9. The molecular formula is C31H55O3-. The zero-order valence-electron chi connectivity index (χ0n) is 23.6. The molecule has 0 heterocycles. The average Bonchev–Trinajstić information content (AvgIpc) is 2.72. The van der Waals surface area contributed by atoms with Crippen LogP contribution in [-0.2, 0) is 4.79 Å². The fourth-order valence-electron chi connectivity index (χ4n) is 5.52. The summed E-state index contributed by atoms with van der Waals surface area (Å²) in [5.41, 5.74) is -0.164. The Kier molecular flexibility index (Phi) is 13.2. The molecule has 198 valence electrons. The summed E-state index contributed by atoms with van der Waals surface area (Å²) in [6, 6.07) is 0. The summed E-state index contributed by atoms with van der Waals surface area (Å²) < 4.78 is 0. The SMILES string of the molecule is CCCCCCCCCCCCCCCCC1=C(C(C)(C)C)C(O)(C(C)(C)C)C=CC1C(=O)[O-]. The van der Waals surface area contributed by atoms with E-state index in [1.165, 1.54) is 77.0 Å². The van der Waals surface area contributed by atoms with Crippen LogP contribution in [0.5, 0.6) is 0 Å². The Hall–Kier alpha value is -1.09. The normalized spacial score (nSPS) is 21.4. The molecule has 0 aromatic rings. The summed E-state index contributed by atoms with van der Waals surface area (Å²) in [6.45, 7) is 14.6. The Balaban J connectivity index is 2.53. The minimum absolute atomic E-state index is 0.328. The smallest absolute Gasteiger partial charge is 0.109 e. The van der Waals surface area contributed by atoms with Crippen LogP contribution in [0.4, 0.5) is 0 Å². The van der Waals surface area contributed by atoms with Crippen molar-refractivity contribution in [3.63, 3.8) is 0 Å². The Labute approximate surface area is 211 Å². The molecule has 0 bridgehead atoms. The van der Waals surface area contributed by atoms with Crippen LogP contribution in [0.3, 0.4) is 0 Å². The highest BCUT2D eigenvalue weighted by Gasteiger charge is 2.48. The Morgan fingerprint density at radius 3 is 1.59 bits per heavy atom. The molecule has 1 rings (SSSR count). The molecular weight excluding hydrogens is 420 g/mol. The van der Waals surface area contributed by atoms with E-state index in [-0.39, 0.29) is 5.41 Å². The molecule has 0 fully saturated rings. The standard InChI is InChI=1S/C31H56O3/c1-8-9-10-11-12-13-14-15-16-17-18-19-20-21-22-25-26(28(32)33)23-24-31(34,30(5,6)7)27(25)29(2,3)4/h23-24,26,34H,8-22H2,1-7H3,(H,32,33)/p-1. The number of hydrogen-bond donors (Lipinski definition) is 1. The molecule has 0 radical (unpaired) electrons. The lowest BCUT2D eigenvalue weighted by molar-refractivity contribution is -0.308. The van der Waals surface area contributed by atoms with E-state index in [0.717, 1.165) is 24.0 Å². The molecule has 2 atom stereocenters. The molecule has 0 aromatic carbocycles. The molecule has 0 aromatic heterocycles. The summed E-state index contributed by atoms with van der Waals surface area (Å²) in [4.78, 5) is 12.0. The number of carboxylic acids is 1. The number of unbranched alkanes of at least 4 members (excludes halogenated alkanes) is 13. The number of carboxylic acid groups (broad SMARTS) is 1. The van der Waals surface area contributed by atoms with Gasteiger partial charge in [-0.3, -0.25) is 0 Å². The van der Waals surface area contributed by atoms with Gasteiger partial charge in [-0.25, -0.2) is 0 Å². The van der Waals surface area contributed by atoms with Crippen molar-refractivity contribution in [2.75, 3.05) is 0 Å². The lowest BCUT2D eigenvalue weighted by Gasteiger charge is -2.49. The van der Waals surface area contributed by atoms with E-state index in [2.05, 4.69) is 27.7 Å². The second-order valence-corrected chi connectivity index (χ2v) is 12.7. The third kappa shape index (κ3) is 9.51. The third-order valence-corrected chi connectivity index (χ3v) is 7.55. The van der Waals surface area contributed by atoms with E-state index < -0.39 is 22.9 Å². The highest BCUT2D eigenvalue weighted by molar-refractivity contribution is 5.75. The Morgan fingerprint density at radius 1 is 0.824 bits per heavy atom. The predicted molar refractivity (Wildman–Crippen MR) is 143 cm³/mol. The molecule has 0 spiro atoms. The maximum atomic E-state index is 12.0. The summed E-state index contributed by atoms with van der Waals surface area (Å²) in [6.07, 6.45) is 22.3. The molecule has 0 aliphatic heterocycles. The van der Waals surface area contributed by atoms with Crippen molar-refractivity contribution in [2.24, 2.45) is 16.7 Å². The van der Waals surface area contributed by atoms with Gasteiger partial charge in [-0.2, -0.15) is 0 Å². The fraction of sp³-hybridized carbons (Fsp3) is 0.839. The van der Waals surface area contributed by atoms with Crippen LogP contribution in [0.25, 0.3) is 0 Å². The van der Waals surface area contributed by atoms with Gasteiger partial charge in [-0.1, -0.05) is 150 Å². The Morgan fingerprint density at radius 2 is 1.24 bits per heavy atom. The van der Waals surface area contributed by atoms with Crippen molar-refractivity contribution in [3.8, 4) is 0 Å². The molecule has 1 aliphatic carbocycles. The van der Waals surface area contributed by atoms with Crippen molar-refractivity contribution in [1.82, 2.24) is 0 Å². The molecule has 3 nitrogen and oxygen atoms in total. The van der Waals surface area contributed by atoms with E-state index in [1.54, 1.807) is 12.2 Å². The molecule has 0 saturated carbocycles. The maximum absolute atomic E-state index is 12.0. The summed E-state index contributed by atoms with van der Waals surface area (Å²) >= 11 is 0. The largest absolute Gasteiger partial charge is 0.549 e. The van der Waals surface area contributed by atoms with Gasteiger partial charge in [0, 0.05) is 5.92 Å².